The summed E-state index contributed by atoms with van der Waals surface area (Å²) in [5, 5.41) is 0. The summed E-state index contributed by atoms with van der Waals surface area (Å²) in [4.78, 5) is 14.0. The SMILES string of the molecule is CCN(C(=O)CCc1cccn1C)C1CCS(=O)(=O)C1. The smallest absolute Gasteiger partial charge is 0.223 e. The van der Waals surface area contributed by atoms with Crippen LogP contribution in [0.25, 0.3) is 0 Å². The normalized spacial score (nSPS) is 21.0. The van der Waals surface area contributed by atoms with E-state index >= 15 is 0 Å². The van der Waals surface area contributed by atoms with E-state index in [0.717, 1.165) is 5.69 Å². The molecule has 1 aliphatic rings. The molecule has 0 radical (unpaired) electrons. The van der Waals surface area contributed by atoms with E-state index in [9.17, 15) is 13.2 Å². The number of rotatable bonds is 5. The maximum atomic E-state index is 12.3. The van der Waals surface area contributed by atoms with E-state index in [1.807, 2.05) is 36.9 Å². The van der Waals surface area contributed by atoms with E-state index in [0.29, 0.717) is 25.8 Å². The van der Waals surface area contributed by atoms with Gasteiger partial charge in [-0.15, -0.1) is 0 Å². The second-order valence-corrected chi connectivity index (χ2v) is 7.58. The third-order valence-electron chi connectivity index (χ3n) is 3.96. The number of hydrogen-bond acceptors (Lipinski definition) is 3. The summed E-state index contributed by atoms with van der Waals surface area (Å²) in [7, 11) is -0.988. The predicted molar refractivity (Wildman–Crippen MR) is 78.2 cm³/mol. The first kappa shape index (κ1) is 15.1. The highest BCUT2D eigenvalue weighted by Crippen LogP contribution is 2.19. The molecule has 0 aromatic carbocycles. The maximum Gasteiger partial charge on any atom is 0.223 e. The zero-order valence-electron chi connectivity index (χ0n) is 12.1. The third-order valence-corrected chi connectivity index (χ3v) is 5.71. The fraction of sp³-hybridized carbons (Fsp3) is 0.643. The summed E-state index contributed by atoms with van der Waals surface area (Å²) < 4.78 is 25.1. The van der Waals surface area contributed by atoms with Crippen molar-refractivity contribution in [2.45, 2.75) is 32.2 Å². The summed E-state index contributed by atoms with van der Waals surface area (Å²) >= 11 is 0. The summed E-state index contributed by atoms with van der Waals surface area (Å²) in [6.07, 6.45) is 3.66. The van der Waals surface area contributed by atoms with Crippen LogP contribution in [0.5, 0.6) is 0 Å². The molecule has 6 heteroatoms. The largest absolute Gasteiger partial charge is 0.354 e. The van der Waals surface area contributed by atoms with Crippen molar-refractivity contribution in [3.05, 3.63) is 24.0 Å². The summed E-state index contributed by atoms with van der Waals surface area (Å²) in [6, 6.07) is 3.83. The van der Waals surface area contributed by atoms with Crippen molar-refractivity contribution in [2.24, 2.45) is 7.05 Å². The van der Waals surface area contributed by atoms with Crippen LogP contribution in [-0.4, -0.2) is 47.9 Å². The number of nitrogens with zero attached hydrogens (tertiary/aromatic N) is 2. The molecule has 112 valence electrons. The highest BCUT2D eigenvalue weighted by molar-refractivity contribution is 7.91. The topological polar surface area (TPSA) is 59.4 Å². The van der Waals surface area contributed by atoms with Gasteiger partial charge in [-0.25, -0.2) is 8.42 Å². The Hall–Kier alpha value is -1.30. The molecule has 0 N–H and O–H groups in total. The maximum absolute atomic E-state index is 12.3. The Kier molecular flexibility index (Phi) is 4.52. The number of carbonyl (C=O) groups is 1. The van der Waals surface area contributed by atoms with Gasteiger partial charge >= 0.3 is 0 Å². The molecule has 2 heterocycles. The average Bonchev–Trinajstić information content (AvgIpc) is 2.94. The number of sulfone groups is 1. The minimum absolute atomic E-state index is 0.0517. The van der Waals surface area contributed by atoms with Crippen molar-refractivity contribution in [3.63, 3.8) is 0 Å². The third kappa shape index (κ3) is 3.42. The first-order valence-electron chi connectivity index (χ1n) is 7.03. The lowest BCUT2D eigenvalue weighted by atomic mass is 10.1. The van der Waals surface area contributed by atoms with E-state index < -0.39 is 9.84 Å². The van der Waals surface area contributed by atoms with E-state index in [1.54, 1.807) is 4.90 Å². The first-order chi connectivity index (χ1) is 9.43. The fourth-order valence-electron chi connectivity index (χ4n) is 2.79. The van der Waals surface area contributed by atoms with Crippen molar-refractivity contribution in [1.82, 2.24) is 9.47 Å². The molecule has 1 atom stereocenters. The molecule has 1 fully saturated rings. The van der Waals surface area contributed by atoms with Gasteiger partial charge in [0.25, 0.3) is 0 Å². The molecule has 2 rings (SSSR count). The van der Waals surface area contributed by atoms with Crippen LogP contribution in [0.2, 0.25) is 0 Å². The van der Waals surface area contributed by atoms with E-state index in [4.69, 9.17) is 0 Å². The lowest BCUT2D eigenvalue weighted by molar-refractivity contribution is -0.132. The molecule has 20 heavy (non-hydrogen) atoms. The van der Waals surface area contributed by atoms with Crippen LogP contribution in [0.15, 0.2) is 18.3 Å². The highest BCUT2D eigenvalue weighted by Gasteiger charge is 2.33. The van der Waals surface area contributed by atoms with Crippen molar-refractivity contribution >= 4 is 15.7 Å². The molecule has 1 aromatic heterocycles. The van der Waals surface area contributed by atoms with Crippen molar-refractivity contribution in [1.29, 1.82) is 0 Å². The molecule has 1 aromatic rings. The van der Waals surface area contributed by atoms with Gasteiger partial charge in [-0.3, -0.25) is 4.79 Å². The van der Waals surface area contributed by atoms with E-state index in [1.165, 1.54) is 0 Å². The minimum atomic E-state index is -2.95. The average molecular weight is 298 g/mol. The predicted octanol–water partition coefficient (Wildman–Crippen LogP) is 0.993. The second kappa shape index (κ2) is 5.99. The number of carbonyl (C=O) groups excluding carboxylic acids is 1. The van der Waals surface area contributed by atoms with Gasteiger partial charge in [-0.2, -0.15) is 0 Å². The second-order valence-electron chi connectivity index (χ2n) is 5.35. The Morgan fingerprint density at radius 3 is 2.75 bits per heavy atom. The lowest BCUT2D eigenvalue weighted by Gasteiger charge is -2.27. The first-order valence-corrected chi connectivity index (χ1v) is 8.85. The van der Waals surface area contributed by atoms with Crippen LogP contribution in [-0.2, 0) is 28.1 Å². The molecule has 0 aliphatic carbocycles. The number of amides is 1. The molecular formula is C14H22N2O3S. The summed E-state index contributed by atoms with van der Waals surface area (Å²) in [6.45, 7) is 2.48. The Morgan fingerprint density at radius 1 is 1.50 bits per heavy atom. The van der Waals surface area contributed by atoms with Gasteiger partial charge in [-0.1, -0.05) is 0 Å². The quantitative estimate of drug-likeness (QED) is 0.814. The Labute approximate surface area is 120 Å². The van der Waals surface area contributed by atoms with E-state index in [-0.39, 0.29) is 23.5 Å². The summed E-state index contributed by atoms with van der Waals surface area (Å²) in [5.74, 6) is 0.381. The lowest BCUT2D eigenvalue weighted by Crippen LogP contribution is -2.41. The number of hydrogen-bond donors (Lipinski definition) is 0. The van der Waals surface area contributed by atoms with Crippen molar-refractivity contribution < 1.29 is 13.2 Å². The van der Waals surface area contributed by atoms with Crippen molar-refractivity contribution in [3.8, 4) is 0 Å². The van der Waals surface area contributed by atoms with Gasteiger partial charge in [0.1, 0.15) is 0 Å². The molecule has 0 spiro atoms. The fourth-order valence-corrected chi connectivity index (χ4v) is 4.52. The Bertz CT molecular complexity index is 577. The Balaban J connectivity index is 1.94. The molecule has 1 saturated heterocycles. The zero-order chi connectivity index (χ0) is 14.8. The van der Waals surface area contributed by atoms with Gasteiger partial charge in [0.05, 0.1) is 11.5 Å². The molecule has 0 bridgehead atoms. The Morgan fingerprint density at radius 2 is 2.25 bits per heavy atom. The van der Waals surface area contributed by atoms with Crippen LogP contribution < -0.4 is 0 Å². The van der Waals surface area contributed by atoms with Crippen LogP contribution in [0.1, 0.15) is 25.5 Å². The highest BCUT2D eigenvalue weighted by atomic mass is 32.2. The minimum Gasteiger partial charge on any atom is -0.354 e. The molecule has 1 amide bonds. The van der Waals surface area contributed by atoms with E-state index in [2.05, 4.69) is 0 Å². The molecule has 0 saturated carbocycles. The van der Waals surface area contributed by atoms with Gasteiger partial charge in [0.15, 0.2) is 9.84 Å². The van der Waals surface area contributed by atoms with Crippen molar-refractivity contribution in [2.75, 3.05) is 18.1 Å². The van der Waals surface area contributed by atoms with Gasteiger partial charge < -0.3 is 9.47 Å². The number of aromatic nitrogens is 1. The van der Waals surface area contributed by atoms with Crippen LogP contribution in [0.4, 0.5) is 0 Å². The number of aryl methyl sites for hydroxylation is 2. The van der Waals surface area contributed by atoms with Gasteiger partial charge in [0, 0.05) is 37.9 Å². The van der Waals surface area contributed by atoms with Crippen LogP contribution in [0, 0.1) is 0 Å². The molecule has 1 unspecified atom stereocenters. The van der Waals surface area contributed by atoms with Gasteiger partial charge in [0.2, 0.25) is 5.91 Å². The van der Waals surface area contributed by atoms with Crippen LogP contribution >= 0.6 is 0 Å². The zero-order valence-corrected chi connectivity index (χ0v) is 12.9. The molecule has 5 nitrogen and oxygen atoms in total. The molecular weight excluding hydrogens is 276 g/mol. The standard InChI is InChI=1S/C14H22N2O3S/c1-3-16(13-8-10-20(18,19)11-13)14(17)7-6-12-5-4-9-15(12)2/h4-5,9,13H,3,6-8,10-11H2,1-2H3. The monoisotopic (exact) mass is 298 g/mol. The van der Waals surface area contributed by atoms with Crippen LogP contribution in [0.3, 0.4) is 0 Å². The molecule has 1 aliphatic heterocycles. The summed E-state index contributed by atoms with van der Waals surface area (Å²) in [5.41, 5.74) is 1.12. The van der Waals surface area contributed by atoms with Gasteiger partial charge in [-0.05, 0) is 31.9 Å².